The molecule has 2 aliphatic rings. The van der Waals surface area contributed by atoms with Gasteiger partial charge in [0.05, 0.1) is 23.5 Å². The van der Waals surface area contributed by atoms with Gasteiger partial charge in [-0.25, -0.2) is 13.8 Å². The van der Waals surface area contributed by atoms with Gasteiger partial charge in [-0.1, -0.05) is 25.0 Å². The van der Waals surface area contributed by atoms with Crippen LogP contribution in [-0.2, 0) is 16.8 Å². The average molecular weight is 441 g/mol. The van der Waals surface area contributed by atoms with Crippen LogP contribution >= 0.6 is 0 Å². The summed E-state index contributed by atoms with van der Waals surface area (Å²) in [7, 11) is -3.77. The van der Waals surface area contributed by atoms with Crippen molar-refractivity contribution in [3.63, 3.8) is 0 Å². The van der Waals surface area contributed by atoms with E-state index in [0.29, 0.717) is 38.0 Å². The van der Waals surface area contributed by atoms with Crippen LogP contribution in [0.1, 0.15) is 50.4 Å². The van der Waals surface area contributed by atoms with Crippen LogP contribution < -0.4 is 5.56 Å². The van der Waals surface area contributed by atoms with Crippen molar-refractivity contribution < 1.29 is 17.2 Å². The Morgan fingerprint density at radius 3 is 2.43 bits per heavy atom. The highest BCUT2D eigenvalue weighted by molar-refractivity contribution is 7.86. The molecule has 2 saturated heterocycles. The van der Waals surface area contributed by atoms with Gasteiger partial charge in [0.25, 0.3) is 22.2 Å². The number of nitrogens with zero attached hydrogens (tertiary/aromatic N) is 4. The lowest BCUT2D eigenvalue weighted by molar-refractivity contribution is 0.122. The first-order valence-corrected chi connectivity index (χ1v) is 11.8. The number of fused-ring (bicyclic) bond motifs is 1. The summed E-state index contributed by atoms with van der Waals surface area (Å²) in [4.78, 5) is 17.5. The van der Waals surface area contributed by atoms with E-state index in [-0.39, 0.29) is 11.2 Å². The lowest BCUT2D eigenvalue weighted by atomic mass is 10.2. The van der Waals surface area contributed by atoms with Crippen LogP contribution in [0.5, 0.6) is 0 Å². The molecule has 0 aliphatic carbocycles. The Labute approximate surface area is 174 Å². The highest BCUT2D eigenvalue weighted by Crippen LogP contribution is 2.35. The molecule has 30 heavy (non-hydrogen) atoms. The molecule has 2 aromatic rings. The minimum atomic E-state index is -3.77. The van der Waals surface area contributed by atoms with Gasteiger partial charge >= 0.3 is 0 Å². The molecule has 0 spiro atoms. The number of rotatable bonds is 5. The maximum absolute atomic E-state index is 13.4. The molecular weight excluding hydrogens is 414 g/mol. The summed E-state index contributed by atoms with van der Waals surface area (Å²) in [6.07, 6.45) is 1.90. The Morgan fingerprint density at radius 1 is 1.03 bits per heavy atom. The summed E-state index contributed by atoms with van der Waals surface area (Å²) >= 11 is 0. The second-order valence-corrected chi connectivity index (χ2v) is 9.76. The molecule has 3 heterocycles. The van der Waals surface area contributed by atoms with E-state index in [1.165, 1.54) is 8.61 Å². The second-order valence-electron chi connectivity index (χ2n) is 7.88. The maximum Gasteiger partial charge on any atom is 0.282 e. The van der Waals surface area contributed by atoms with Gasteiger partial charge in [0, 0.05) is 19.6 Å². The predicted molar refractivity (Wildman–Crippen MR) is 110 cm³/mol. The summed E-state index contributed by atoms with van der Waals surface area (Å²) in [5.41, 5.74) is -0.169. The standard InChI is InChI=1S/C20H26F2N4O3S/c21-18(22)14-25-19(23-16-9-4-3-8-15(16)20(25)27)17-10-7-13-26(17)30(28,29)24-11-5-1-2-6-12-24/h3-4,8-9,17-18H,1-2,5-7,10-14H2. The van der Waals surface area contributed by atoms with Crippen LogP contribution in [0, 0.1) is 0 Å². The molecule has 0 N–H and O–H groups in total. The Morgan fingerprint density at radius 2 is 1.73 bits per heavy atom. The molecule has 10 heteroatoms. The molecule has 2 fully saturated rings. The molecule has 1 atom stereocenters. The van der Waals surface area contributed by atoms with E-state index < -0.39 is 34.8 Å². The fourth-order valence-corrected chi connectivity index (χ4v) is 6.35. The Bertz CT molecular complexity index is 1070. The number of para-hydroxylation sites is 1. The van der Waals surface area contributed by atoms with Gasteiger partial charge < -0.3 is 0 Å². The molecule has 0 amide bonds. The van der Waals surface area contributed by atoms with Crippen molar-refractivity contribution in [3.8, 4) is 0 Å². The zero-order valence-corrected chi connectivity index (χ0v) is 17.5. The Hall–Kier alpha value is -1.91. The molecular formula is C20H26F2N4O3S. The third-order valence-electron chi connectivity index (χ3n) is 5.90. The smallest absolute Gasteiger partial charge is 0.282 e. The first kappa shape index (κ1) is 21.3. The van der Waals surface area contributed by atoms with E-state index in [9.17, 15) is 22.0 Å². The van der Waals surface area contributed by atoms with Crippen molar-refractivity contribution in [1.82, 2.24) is 18.2 Å². The maximum atomic E-state index is 13.4. The SMILES string of the molecule is O=c1c2ccccc2nc(C2CCCN2S(=O)(=O)N2CCCCCC2)n1CC(F)F. The molecule has 164 valence electrons. The van der Waals surface area contributed by atoms with Gasteiger partial charge in [-0.15, -0.1) is 0 Å². The van der Waals surface area contributed by atoms with Crippen LogP contribution in [-0.4, -0.2) is 52.6 Å². The number of benzene rings is 1. The number of hydrogen-bond donors (Lipinski definition) is 0. The molecule has 2 aliphatic heterocycles. The molecule has 7 nitrogen and oxygen atoms in total. The number of aromatic nitrogens is 2. The van der Waals surface area contributed by atoms with E-state index in [1.807, 2.05) is 0 Å². The van der Waals surface area contributed by atoms with Gasteiger partial charge in [0.2, 0.25) is 0 Å². The molecule has 1 aromatic carbocycles. The van der Waals surface area contributed by atoms with Crippen LogP contribution in [0.25, 0.3) is 10.9 Å². The minimum Gasteiger partial charge on any atom is -0.289 e. The monoisotopic (exact) mass is 440 g/mol. The van der Waals surface area contributed by atoms with Crippen molar-refractivity contribution in [2.45, 2.75) is 57.5 Å². The first-order chi connectivity index (χ1) is 14.4. The summed E-state index contributed by atoms with van der Waals surface area (Å²) in [6, 6.07) is 5.85. The largest absolute Gasteiger partial charge is 0.289 e. The van der Waals surface area contributed by atoms with Crippen LogP contribution in [0.2, 0.25) is 0 Å². The van der Waals surface area contributed by atoms with Crippen molar-refractivity contribution in [3.05, 3.63) is 40.4 Å². The molecule has 0 saturated carbocycles. The molecule has 1 unspecified atom stereocenters. The predicted octanol–water partition coefficient (Wildman–Crippen LogP) is 2.92. The summed E-state index contributed by atoms with van der Waals surface area (Å²) in [5.74, 6) is 0.106. The van der Waals surface area contributed by atoms with Crippen molar-refractivity contribution in [2.75, 3.05) is 19.6 Å². The van der Waals surface area contributed by atoms with E-state index >= 15 is 0 Å². The number of hydrogen-bond acceptors (Lipinski definition) is 4. The van der Waals surface area contributed by atoms with Gasteiger partial charge in [0.1, 0.15) is 5.82 Å². The lowest BCUT2D eigenvalue weighted by Crippen LogP contribution is -2.45. The van der Waals surface area contributed by atoms with Crippen LogP contribution in [0.4, 0.5) is 8.78 Å². The van der Waals surface area contributed by atoms with Gasteiger partial charge in [0.15, 0.2) is 0 Å². The van der Waals surface area contributed by atoms with E-state index in [1.54, 1.807) is 24.3 Å². The molecule has 0 radical (unpaired) electrons. The van der Waals surface area contributed by atoms with Gasteiger partial charge in [-0.05, 0) is 37.8 Å². The minimum absolute atomic E-state index is 0.106. The second kappa shape index (κ2) is 8.68. The summed E-state index contributed by atoms with van der Waals surface area (Å²) in [5, 5.41) is 0.252. The topological polar surface area (TPSA) is 75.5 Å². The molecule has 1 aromatic heterocycles. The van der Waals surface area contributed by atoms with Gasteiger partial charge in [-0.3, -0.25) is 9.36 Å². The summed E-state index contributed by atoms with van der Waals surface area (Å²) < 4.78 is 57.2. The Kier molecular flexibility index (Phi) is 6.17. The zero-order valence-electron chi connectivity index (χ0n) is 16.7. The normalized spacial score (nSPS) is 22.0. The van der Waals surface area contributed by atoms with E-state index in [4.69, 9.17) is 0 Å². The molecule has 4 rings (SSSR count). The average Bonchev–Trinajstić information content (AvgIpc) is 3.05. The highest BCUT2D eigenvalue weighted by Gasteiger charge is 2.41. The Balaban J connectivity index is 1.79. The quantitative estimate of drug-likeness (QED) is 0.717. The fourth-order valence-electron chi connectivity index (χ4n) is 4.45. The summed E-state index contributed by atoms with van der Waals surface area (Å²) in [6.45, 7) is 0.405. The van der Waals surface area contributed by atoms with Crippen LogP contribution in [0.15, 0.2) is 29.1 Å². The number of halogens is 2. The molecule has 0 bridgehead atoms. The third kappa shape index (κ3) is 4.00. The van der Waals surface area contributed by atoms with Crippen molar-refractivity contribution in [1.29, 1.82) is 0 Å². The van der Waals surface area contributed by atoms with Crippen molar-refractivity contribution >= 4 is 21.1 Å². The third-order valence-corrected chi connectivity index (χ3v) is 7.95. The van der Waals surface area contributed by atoms with E-state index in [0.717, 1.165) is 30.3 Å². The van der Waals surface area contributed by atoms with Gasteiger partial charge in [-0.2, -0.15) is 17.0 Å². The first-order valence-electron chi connectivity index (χ1n) is 10.4. The van der Waals surface area contributed by atoms with E-state index in [2.05, 4.69) is 4.98 Å². The fraction of sp³-hybridized carbons (Fsp3) is 0.600. The highest BCUT2D eigenvalue weighted by atomic mass is 32.2. The van der Waals surface area contributed by atoms with Crippen molar-refractivity contribution in [2.24, 2.45) is 0 Å². The zero-order chi connectivity index (χ0) is 21.3. The lowest BCUT2D eigenvalue weighted by Gasteiger charge is -2.31. The number of alkyl halides is 2. The van der Waals surface area contributed by atoms with Crippen LogP contribution in [0.3, 0.4) is 0 Å².